The number of nitrogens with zero attached hydrogens (tertiary/aromatic N) is 2. The van der Waals surface area contributed by atoms with Gasteiger partial charge in [0.05, 0.1) is 11.3 Å². The minimum absolute atomic E-state index is 0.237. The van der Waals surface area contributed by atoms with Gasteiger partial charge in [-0.15, -0.1) is 0 Å². The first-order valence-corrected chi connectivity index (χ1v) is 7.08. The lowest BCUT2D eigenvalue weighted by Gasteiger charge is -2.21. The molecule has 0 unspecified atom stereocenters. The molecule has 0 atom stereocenters. The molecule has 1 aromatic rings. The standard InChI is InChI=1S/C15H29N3O/c1-10(2)9-18-13(16)12(8-15(5,6)19-7)17-14(18)11(3)4/h10-11H,8-9,16H2,1-7H3. The van der Waals surface area contributed by atoms with Crippen molar-refractivity contribution in [3.63, 3.8) is 0 Å². The van der Waals surface area contributed by atoms with Gasteiger partial charge in [0, 0.05) is 26.0 Å². The lowest BCUT2D eigenvalue weighted by molar-refractivity contribution is 0.0226. The first-order valence-electron chi connectivity index (χ1n) is 7.08. The van der Waals surface area contributed by atoms with Gasteiger partial charge in [0.1, 0.15) is 11.6 Å². The Hall–Kier alpha value is -1.03. The summed E-state index contributed by atoms with van der Waals surface area (Å²) >= 11 is 0. The van der Waals surface area contributed by atoms with Crippen molar-refractivity contribution in [3.8, 4) is 0 Å². The molecule has 0 aliphatic carbocycles. The number of hydrogen-bond acceptors (Lipinski definition) is 3. The summed E-state index contributed by atoms with van der Waals surface area (Å²) in [5.74, 6) is 2.80. The fraction of sp³-hybridized carbons (Fsp3) is 0.800. The van der Waals surface area contributed by atoms with Crippen LogP contribution in [0.3, 0.4) is 0 Å². The highest BCUT2D eigenvalue weighted by Crippen LogP contribution is 2.26. The number of rotatable bonds is 6. The van der Waals surface area contributed by atoms with Crippen molar-refractivity contribution in [1.82, 2.24) is 9.55 Å². The van der Waals surface area contributed by atoms with Crippen molar-refractivity contribution in [2.75, 3.05) is 12.8 Å². The van der Waals surface area contributed by atoms with Gasteiger partial charge in [0.2, 0.25) is 0 Å². The van der Waals surface area contributed by atoms with E-state index >= 15 is 0 Å². The molecule has 0 aromatic carbocycles. The van der Waals surface area contributed by atoms with E-state index in [2.05, 4.69) is 46.1 Å². The Morgan fingerprint density at radius 1 is 1.26 bits per heavy atom. The summed E-state index contributed by atoms with van der Waals surface area (Å²) < 4.78 is 7.65. The summed E-state index contributed by atoms with van der Waals surface area (Å²) in [6, 6.07) is 0. The Labute approximate surface area is 117 Å². The minimum atomic E-state index is -0.237. The fourth-order valence-corrected chi connectivity index (χ4v) is 2.14. The lowest BCUT2D eigenvalue weighted by atomic mass is 10.0. The number of imidazole rings is 1. The lowest BCUT2D eigenvalue weighted by Crippen LogP contribution is -2.26. The summed E-state index contributed by atoms with van der Waals surface area (Å²) in [4.78, 5) is 4.75. The van der Waals surface area contributed by atoms with Crippen LogP contribution in [0.25, 0.3) is 0 Å². The van der Waals surface area contributed by atoms with Crippen molar-refractivity contribution in [2.24, 2.45) is 5.92 Å². The third-order valence-electron chi connectivity index (χ3n) is 3.32. The zero-order valence-corrected chi connectivity index (χ0v) is 13.4. The van der Waals surface area contributed by atoms with E-state index in [0.717, 1.165) is 30.3 Å². The summed E-state index contributed by atoms with van der Waals surface area (Å²) in [7, 11) is 1.73. The van der Waals surface area contributed by atoms with Crippen LogP contribution < -0.4 is 5.73 Å². The van der Waals surface area contributed by atoms with E-state index in [1.165, 1.54) is 0 Å². The van der Waals surface area contributed by atoms with E-state index in [9.17, 15) is 0 Å². The highest BCUT2D eigenvalue weighted by Gasteiger charge is 2.24. The Morgan fingerprint density at radius 3 is 2.26 bits per heavy atom. The Balaban J connectivity index is 3.14. The van der Waals surface area contributed by atoms with Gasteiger partial charge in [-0.1, -0.05) is 27.7 Å². The average Bonchev–Trinajstić information content (AvgIpc) is 2.57. The first kappa shape index (κ1) is 16.0. The zero-order chi connectivity index (χ0) is 14.8. The smallest absolute Gasteiger partial charge is 0.126 e. The topological polar surface area (TPSA) is 53.1 Å². The number of methoxy groups -OCH3 is 1. The molecule has 0 aliphatic heterocycles. The van der Waals surface area contributed by atoms with Gasteiger partial charge in [0.15, 0.2) is 0 Å². The van der Waals surface area contributed by atoms with E-state index in [0.29, 0.717) is 11.8 Å². The van der Waals surface area contributed by atoms with Crippen molar-refractivity contribution >= 4 is 5.82 Å². The summed E-state index contributed by atoms with van der Waals surface area (Å²) in [6.45, 7) is 13.7. The van der Waals surface area contributed by atoms with Gasteiger partial charge >= 0.3 is 0 Å². The average molecular weight is 267 g/mol. The summed E-state index contributed by atoms with van der Waals surface area (Å²) in [6.07, 6.45) is 0.736. The second-order valence-corrected chi connectivity index (χ2v) is 6.60. The van der Waals surface area contributed by atoms with E-state index < -0.39 is 0 Å². The third-order valence-corrected chi connectivity index (χ3v) is 3.32. The van der Waals surface area contributed by atoms with E-state index in [4.69, 9.17) is 15.5 Å². The highest BCUT2D eigenvalue weighted by molar-refractivity contribution is 5.40. The van der Waals surface area contributed by atoms with Crippen LogP contribution in [0.5, 0.6) is 0 Å². The molecular weight excluding hydrogens is 238 g/mol. The predicted octanol–water partition coefficient (Wildman–Crippen LogP) is 3.21. The molecule has 1 heterocycles. The normalized spacial score (nSPS) is 12.7. The molecule has 0 saturated carbocycles. The second kappa shape index (κ2) is 5.95. The van der Waals surface area contributed by atoms with Gasteiger partial charge in [-0.3, -0.25) is 0 Å². The molecule has 0 saturated heterocycles. The molecule has 4 nitrogen and oxygen atoms in total. The molecule has 110 valence electrons. The van der Waals surface area contributed by atoms with Crippen molar-refractivity contribution in [2.45, 2.75) is 66.0 Å². The van der Waals surface area contributed by atoms with Crippen molar-refractivity contribution in [3.05, 3.63) is 11.5 Å². The zero-order valence-electron chi connectivity index (χ0n) is 13.4. The Morgan fingerprint density at radius 2 is 1.84 bits per heavy atom. The third kappa shape index (κ3) is 3.96. The largest absolute Gasteiger partial charge is 0.384 e. The summed E-state index contributed by atoms with van der Waals surface area (Å²) in [5, 5.41) is 0. The number of ether oxygens (including phenoxy) is 1. The minimum Gasteiger partial charge on any atom is -0.384 e. The molecular formula is C15H29N3O. The van der Waals surface area contributed by atoms with Crippen LogP contribution in [0.2, 0.25) is 0 Å². The Bertz CT molecular complexity index is 419. The van der Waals surface area contributed by atoms with Crippen LogP contribution >= 0.6 is 0 Å². The monoisotopic (exact) mass is 267 g/mol. The van der Waals surface area contributed by atoms with Crippen molar-refractivity contribution in [1.29, 1.82) is 0 Å². The maximum atomic E-state index is 6.30. The van der Waals surface area contributed by atoms with Crippen LogP contribution in [0.1, 0.15) is 59.0 Å². The van der Waals surface area contributed by atoms with Crippen LogP contribution in [0.15, 0.2) is 0 Å². The molecule has 4 heteroatoms. The maximum absolute atomic E-state index is 6.30. The molecule has 1 rings (SSSR count). The maximum Gasteiger partial charge on any atom is 0.126 e. The molecule has 0 radical (unpaired) electrons. The van der Waals surface area contributed by atoms with Gasteiger partial charge in [-0.2, -0.15) is 0 Å². The molecule has 0 spiro atoms. The van der Waals surface area contributed by atoms with E-state index in [1.807, 2.05) is 0 Å². The van der Waals surface area contributed by atoms with Crippen LogP contribution in [-0.4, -0.2) is 22.3 Å². The molecule has 19 heavy (non-hydrogen) atoms. The molecule has 0 aliphatic rings. The number of nitrogens with two attached hydrogens (primary N) is 1. The quantitative estimate of drug-likeness (QED) is 0.861. The van der Waals surface area contributed by atoms with Crippen LogP contribution in [-0.2, 0) is 17.7 Å². The van der Waals surface area contributed by atoms with Crippen LogP contribution in [0.4, 0.5) is 5.82 Å². The second-order valence-electron chi connectivity index (χ2n) is 6.60. The molecule has 2 N–H and O–H groups in total. The molecule has 1 aromatic heterocycles. The number of aromatic nitrogens is 2. The van der Waals surface area contributed by atoms with E-state index in [1.54, 1.807) is 7.11 Å². The molecule has 0 amide bonds. The first-order chi connectivity index (χ1) is 8.68. The number of nitrogen functional groups attached to an aromatic ring is 1. The van der Waals surface area contributed by atoms with Gasteiger partial charge in [0.25, 0.3) is 0 Å². The van der Waals surface area contributed by atoms with Gasteiger partial charge in [-0.25, -0.2) is 4.98 Å². The summed E-state index contributed by atoms with van der Waals surface area (Å²) in [5.41, 5.74) is 7.02. The van der Waals surface area contributed by atoms with Gasteiger partial charge < -0.3 is 15.0 Å². The number of hydrogen-bond donors (Lipinski definition) is 1. The predicted molar refractivity (Wildman–Crippen MR) is 80.4 cm³/mol. The van der Waals surface area contributed by atoms with Crippen molar-refractivity contribution < 1.29 is 4.74 Å². The SMILES string of the molecule is COC(C)(C)Cc1nc(C(C)C)n(CC(C)C)c1N. The number of anilines is 1. The fourth-order valence-electron chi connectivity index (χ4n) is 2.14. The highest BCUT2D eigenvalue weighted by atomic mass is 16.5. The molecule has 0 bridgehead atoms. The van der Waals surface area contributed by atoms with Crippen LogP contribution in [0, 0.1) is 5.92 Å². The molecule has 0 fully saturated rings. The van der Waals surface area contributed by atoms with Gasteiger partial charge in [-0.05, 0) is 19.8 Å². The van der Waals surface area contributed by atoms with E-state index in [-0.39, 0.29) is 5.60 Å². The Kier molecular flexibility index (Phi) is 5.02.